The van der Waals surface area contributed by atoms with Crippen LogP contribution < -0.4 is 10.6 Å². The molecular weight excluding hydrogens is 418 g/mol. The molecule has 1 aromatic carbocycles. The number of rotatable bonds is 3. The molecule has 6 heteroatoms. The van der Waals surface area contributed by atoms with E-state index >= 15 is 0 Å². The van der Waals surface area contributed by atoms with E-state index in [0.717, 1.165) is 34.3 Å². The molecule has 1 aliphatic carbocycles. The van der Waals surface area contributed by atoms with Gasteiger partial charge in [0, 0.05) is 45.5 Å². The van der Waals surface area contributed by atoms with Crippen molar-refractivity contribution in [2.75, 3.05) is 5.32 Å². The van der Waals surface area contributed by atoms with Crippen LogP contribution in [0.25, 0.3) is 0 Å². The van der Waals surface area contributed by atoms with E-state index < -0.39 is 5.92 Å². The summed E-state index contributed by atoms with van der Waals surface area (Å²) in [6, 6.07) is 13.2. The number of aromatic nitrogens is 1. The first-order chi connectivity index (χ1) is 13.5. The number of halogens is 1. The maximum atomic E-state index is 13.2. The van der Waals surface area contributed by atoms with Gasteiger partial charge in [-0.25, -0.2) is 4.98 Å². The number of ketones is 1. The van der Waals surface area contributed by atoms with Crippen molar-refractivity contribution >= 4 is 33.4 Å². The molecule has 1 aromatic heterocycles. The van der Waals surface area contributed by atoms with Crippen LogP contribution in [0.15, 0.2) is 75.7 Å². The third-order valence-electron chi connectivity index (χ3n) is 5.11. The second kappa shape index (κ2) is 7.72. The van der Waals surface area contributed by atoms with E-state index in [-0.39, 0.29) is 11.7 Å². The molecule has 142 valence electrons. The minimum Gasteiger partial charge on any atom is -0.362 e. The molecule has 1 amide bonds. The molecule has 0 bridgehead atoms. The van der Waals surface area contributed by atoms with Gasteiger partial charge in [-0.1, -0.05) is 34.1 Å². The second-order valence-electron chi connectivity index (χ2n) is 6.99. The number of amides is 1. The van der Waals surface area contributed by atoms with Crippen LogP contribution in [0.4, 0.5) is 5.82 Å². The number of benzene rings is 1. The fourth-order valence-electron chi connectivity index (χ4n) is 3.92. The summed E-state index contributed by atoms with van der Waals surface area (Å²) in [6.07, 6.45) is 3.79. The van der Waals surface area contributed by atoms with Gasteiger partial charge in [0.05, 0.1) is 0 Å². The minimum atomic E-state index is -0.398. The van der Waals surface area contributed by atoms with Crippen LogP contribution in [0, 0.1) is 0 Å². The number of carbonyl (C=O) groups is 2. The average Bonchev–Trinajstić information content (AvgIpc) is 2.68. The number of dihydropyridines is 1. The summed E-state index contributed by atoms with van der Waals surface area (Å²) >= 11 is 3.51. The van der Waals surface area contributed by atoms with E-state index in [0.29, 0.717) is 23.4 Å². The monoisotopic (exact) mass is 437 g/mol. The van der Waals surface area contributed by atoms with E-state index in [4.69, 9.17) is 0 Å². The van der Waals surface area contributed by atoms with Gasteiger partial charge < -0.3 is 10.6 Å². The third-order valence-corrected chi connectivity index (χ3v) is 5.60. The van der Waals surface area contributed by atoms with Gasteiger partial charge in [-0.2, -0.15) is 0 Å². The first-order valence-electron chi connectivity index (χ1n) is 9.26. The van der Waals surface area contributed by atoms with Gasteiger partial charge in [0.1, 0.15) is 5.82 Å². The molecule has 0 radical (unpaired) electrons. The van der Waals surface area contributed by atoms with Crippen LogP contribution in [-0.4, -0.2) is 16.7 Å². The van der Waals surface area contributed by atoms with Crippen molar-refractivity contribution in [3.8, 4) is 0 Å². The van der Waals surface area contributed by atoms with Gasteiger partial charge in [0.15, 0.2) is 5.78 Å². The maximum absolute atomic E-state index is 13.2. The number of hydrogen-bond acceptors (Lipinski definition) is 4. The fourth-order valence-corrected chi connectivity index (χ4v) is 4.34. The van der Waals surface area contributed by atoms with Gasteiger partial charge in [0.25, 0.3) is 5.91 Å². The van der Waals surface area contributed by atoms with Crippen LogP contribution >= 0.6 is 15.9 Å². The van der Waals surface area contributed by atoms with Crippen molar-refractivity contribution in [1.29, 1.82) is 0 Å². The smallest absolute Gasteiger partial charge is 0.255 e. The molecule has 0 fully saturated rings. The molecule has 5 nitrogen and oxygen atoms in total. The van der Waals surface area contributed by atoms with Crippen LogP contribution in [-0.2, 0) is 9.59 Å². The van der Waals surface area contributed by atoms with Crippen molar-refractivity contribution in [3.05, 3.63) is 81.2 Å². The summed E-state index contributed by atoms with van der Waals surface area (Å²) in [6.45, 7) is 1.89. The molecule has 4 rings (SSSR count). The van der Waals surface area contributed by atoms with Crippen molar-refractivity contribution in [3.63, 3.8) is 0 Å². The van der Waals surface area contributed by atoms with Crippen LogP contribution in [0.2, 0.25) is 0 Å². The summed E-state index contributed by atoms with van der Waals surface area (Å²) in [5.74, 6) is -0.0613. The van der Waals surface area contributed by atoms with E-state index in [1.807, 2.05) is 37.3 Å². The highest BCUT2D eigenvalue weighted by atomic mass is 79.9. The highest BCUT2D eigenvalue weighted by molar-refractivity contribution is 9.10. The molecule has 2 aromatic rings. The highest BCUT2D eigenvalue weighted by Crippen LogP contribution is 2.42. The van der Waals surface area contributed by atoms with Gasteiger partial charge in [-0.15, -0.1) is 0 Å². The summed E-state index contributed by atoms with van der Waals surface area (Å²) in [7, 11) is 0. The molecule has 0 spiro atoms. The van der Waals surface area contributed by atoms with Crippen molar-refractivity contribution in [2.45, 2.75) is 32.1 Å². The number of nitrogens with zero attached hydrogens (tertiary/aromatic N) is 1. The number of nitrogens with one attached hydrogen (secondary N) is 2. The van der Waals surface area contributed by atoms with Crippen LogP contribution in [0.1, 0.15) is 37.7 Å². The van der Waals surface area contributed by atoms with Crippen molar-refractivity contribution in [1.82, 2.24) is 10.3 Å². The van der Waals surface area contributed by atoms with Gasteiger partial charge in [-0.3, -0.25) is 9.59 Å². The molecule has 2 heterocycles. The molecule has 1 aliphatic heterocycles. The summed E-state index contributed by atoms with van der Waals surface area (Å²) in [5, 5.41) is 6.20. The Kier molecular flexibility index (Phi) is 5.13. The Bertz CT molecular complexity index is 1010. The van der Waals surface area contributed by atoms with Gasteiger partial charge in [-0.05, 0) is 49.6 Å². The van der Waals surface area contributed by atoms with E-state index in [1.165, 1.54) is 0 Å². The normalized spacial score (nSPS) is 19.2. The molecule has 0 saturated heterocycles. The average molecular weight is 438 g/mol. The Morgan fingerprint density at radius 3 is 2.82 bits per heavy atom. The van der Waals surface area contributed by atoms with E-state index in [1.54, 1.807) is 18.3 Å². The topological polar surface area (TPSA) is 71.1 Å². The summed E-state index contributed by atoms with van der Waals surface area (Å²) in [5.41, 5.74) is 3.89. The van der Waals surface area contributed by atoms with E-state index in [9.17, 15) is 9.59 Å². The molecule has 0 unspecified atom stereocenters. The number of allylic oxidation sites excluding steroid dienone is 3. The molecule has 28 heavy (non-hydrogen) atoms. The number of Topliss-reactive ketones (excluding diaryl/α,β-unsaturated/α-hetero) is 1. The number of hydrogen-bond donors (Lipinski definition) is 2. The van der Waals surface area contributed by atoms with E-state index in [2.05, 4.69) is 31.5 Å². The van der Waals surface area contributed by atoms with Gasteiger partial charge in [0.2, 0.25) is 0 Å². The lowest BCUT2D eigenvalue weighted by molar-refractivity contribution is -0.116. The lowest BCUT2D eigenvalue weighted by Crippen LogP contribution is -2.35. The lowest BCUT2D eigenvalue weighted by Gasteiger charge is -2.34. The van der Waals surface area contributed by atoms with Gasteiger partial charge >= 0.3 is 0 Å². The molecule has 1 atom stereocenters. The van der Waals surface area contributed by atoms with Crippen molar-refractivity contribution < 1.29 is 9.59 Å². The second-order valence-corrected chi connectivity index (χ2v) is 7.91. The number of carbonyl (C=O) groups excluding carboxylic acids is 2. The predicted molar refractivity (Wildman–Crippen MR) is 111 cm³/mol. The summed E-state index contributed by atoms with van der Waals surface area (Å²) < 4.78 is 0.913. The Labute approximate surface area is 172 Å². The molecule has 2 aliphatic rings. The predicted octanol–water partition coefficient (Wildman–Crippen LogP) is 4.45. The first kappa shape index (κ1) is 18.6. The Morgan fingerprint density at radius 1 is 1.21 bits per heavy atom. The minimum absolute atomic E-state index is 0.106. The standard InChI is InChI=1S/C22H20BrN3O2/c1-13-19(22(28)26-18-10-2-3-11-24-18)20(14-6-4-7-15(23)12-14)21-16(25-13)8-5-9-17(21)27/h2-4,6-7,10-12,20,25H,5,8-9H2,1H3,(H,24,26,28)/t20-/m1/s1. The van der Waals surface area contributed by atoms with Crippen molar-refractivity contribution in [2.24, 2.45) is 0 Å². The highest BCUT2D eigenvalue weighted by Gasteiger charge is 2.38. The molecular formula is C22H20BrN3O2. The molecule has 0 saturated carbocycles. The number of pyridine rings is 1. The summed E-state index contributed by atoms with van der Waals surface area (Å²) in [4.78, 5) is 30.3. The van der Waals surface area contributed by atoms with Crippen LogP contribution in [0.5, 0.6) is 0 Å². The zero-order valence-electron chi connectivity index (χ0n) is 15.5. The Hall–Kier alpha value is -2.73. The number of anilines is 1. The third kappa shape index (κ3) is 3.52. The lowest BCUT2D eigenvalue weighted by atomic mass is 9.75. The largest absolute Gasteiger partial charge is 0.362 e. The zero-order valence-corrected chi connectivity index (χ0v) is 17.0. The Balaban J connectivity index is 1.80. The quantitative estimate of drug-likeness (QED) is 0.743. The first-order valence-corrected chi connectivity index (χ1v) is 10.1. The SMILES string of the molecule is CC1=C(C(=O)Nc2ccccn2)[C@@H](c2cccc(Br)c2)C2=C(CCCC2=O)N1. The fraction of sp³-hybridized carbons (Fsp3) is 0.227. The maximum Gasteiger partial charge on any atom is 0.255 e. The van der Waals surface area contributed by atoms with Crippen LogP contribution in [0.3, 0.4) is 0 Å². The Morgan fingerprint density at radius 2 is 2.07 bits per heavy atom. The zero-order chi connectivity index (χ0) is 19.7. The molecule has 2 N–H and O–H groups in total.